The quantitative estimate of drug-likeness (QED) is 0.615. The zero-order chi connectivity index (χ0) is 20.5. The van der Waals surface area contributed by atoms with Crippen molar-refractivity contribution < 1.29 is 27.2 Å². The zero-order valence-corrected chi connectivity index (χ0v) is 17.7. The number of methoxy groups -OCH3 is 3. The van der Waals surface area contributed by atoms with Crippen LogP contribution in [0.5, 0.6) is 17.2 Å². The van der Waals surface area contributed by atoms with Crippen LogP contribution in [-0.4, -0.2) is 34.9 Å². The predicted octanol–water partition coefficient (Wildman–Crippen LogP) is 3.85. The van der Waals surface area contributed by atoms with Gasteiger partial charge in [-0.15, -0.1) is 11.3 Å². The Hall–Kier alpha value is -2.72. The molecule has 0 radical (unpaired) electrons. The van der Waals surface area contributed by atoms with Crippen LogP contribution in [0.4, 0.5) is 5.69 Å². The van der Waals surface area contributed by atoms with Gasteiger partial charge >= 0.3 is 0 Å². The molecule has 0 aliphatic heterocycles. The Balaban J connectivity index is 2.10. The molecule has 28 heavy (non-hydrogen) atoms. The van der Waals surface area contributed by atoms with Gasteiger partial charge in [-0.2, -0.15) is 0 Å². The molecular formula is C18H20N2O6S2. The summed E-state index contributed by atoms with van der Waals surface area (Å²) in [7, 11) is 0.473. The first-order valence-corrected chi connectivity index (χ1v) is 10.5. The number of nitrogens with one attached hydrogen (secondary N) is 1. The number of aromatic nitrogens is 1. The van der Waals surface area contributed by atoms with E-state index in [9.17, 15) is 8.42 Å². The molecule has 0 aliphatic carbocycles. The molecule has 2 heterocycles. The minimum atomic E-state index is -3.93. The van der Waals surface area contributed by atoms with Gasteiger partial charge < -0.3 is 18.7 Å². The number of anilines is 1. The Morgan fingerprint density at radius 3 is 2.18 bits per heavy atom. The number of aryl methyl sites for hydroxylation is 2. The lowest BCUT2D eigenvalue weighted by Crippen LogP contribution is -2.14. The van der Waals surface area contributed by atoms with E-state index in [0.29, 0.717) is 33.4 Å². The van der Waals surface area contributed by atoms with E-state index in [4.69, 9.17) is 18.7 Å². The fraction of sp³-hybridized carbons (Fsp3) is 0.278. The lowest BCUT2D eigenvalue weighted by molar-refractivity contribution is 0.325. The van der Waals surface area contributed by atoms with Crippen LogP contribution in [0, 0.1) is 13.8 Å². The summed E-state index contributed by atoms with van der Waals surface area (Å²) in [6, 6.07) is 4.69. The molecule has 0 aliphatic rings. The van der Waals surface area contributed by atoms with Crippen LogP contribution >= 0.6 is 11.3 Å². The number of thiophene rings is 1. The molecule has 1 aromatic carbocycles. The summed E-state index contributed by atoms with van der Waals surface area (Å²) >= 11 is 1.38. The van der Waals surface area contributed by atoms with Gasteiger partial charge in [0.05, 0.1) is 38.8 Å². The molecule has 3 rings (SSSR count). The molecule has 1 N–H and O–H groups in total. The maximum Gasteiger partial charge on any atom is 0.263 e. The van der Waals surface area contributed by atoms with Gasteiger partial charge in [-0.3, -0.25) is 4.72 Å². The molecule has 3 aromatic rings. The van der Waals surface area contributed by atoms with Gasteiger partial charge in [-0.1, -0.05) is 5.16 Å². The molecule has 0 unspecified atom stereocenters. The van der Waals surface area contributed by atoms with E-state index in [1.54, 1.807) is 13.0 Å². The molecule has 0 saturated carbocycles. The number of hydrogen-bond donors (Lipinski definition) is 1. The van der Waals surface area contributed by atoms with E-state index in [0.717, 1.165) is 4.88 Å². The Kier molecular flexibility index (Phi) is 5.52. The second-order valence-corrected chi connectivity index (χ2v) is 8.86. The van der Waals surface area contributed by atoms with Gasteiger partial charge in [0.2, 0.25) is 5.75 Å². The number of nitrogens with zero attached hydrogens (tertiary/aromatic N) is 1. The van der Waals surface area contributed by atoms with Gasteiger partial charge in [-0.05, 0) is 13.8 Å². The van der Waals surface area contributed by atoms with Crippen LogP contribution in [0.3, 0.4) is 0 Å². The molecule has 0 atom stereocenters. The third-order valence-corrected chi connectivity index (χ3v) is 6.78. The molecular weight excluding hydrogens is 404 g/mol. The van der Waals surface area contributed by atoms with Crippen molar-refractivity contribution in [3.05, 3.63) is 34.2 Å². The topological polar surface area (TPSA) is 99.9 Å². The summed E-state index contributed by atoms with van der Waals surface area (Å²) < 4.78 is 50.1. The Morgan fingerprint density at radius 1 is 1.04 bits per heavy atom. The lowest BCUT2D eigenvalue weighted by atomic mass is 10.2. The second kappa shape index (κ2) is 7.72. The molecule has 10 heteroatoms. The van der Waals surface area contributed by atoms with Gasteiger partial charge in [-0.25, -0.2) is 8.42 Å². The molecule has 8 nitrogen and oxygen atoms in total. The van der Waals surface area contributed by atoms with Crippen LogP contribution < -0.4 is 18.9 Å². The standard InChI is InChI=1S/C18H20N2O6S2/c1-10-16(13-6-7-19-26-13)18(11(2)27-10)28(21,22)20-12-8-14(23-3)17(25-5)15(9-12)24-4/h6-9,20H,1-5H3. The highest BCUT2D eigenvalue weighted by molar-refractivity contribution is 7.93. The SMILES string of the molecule is COc1cc(NS(=O)(=O)c2c(C)sc(C)c2-c2ccno2)cc(OC)c1OC. The molecule has 150 valence electrons. The molecule has 0 amide bonds. The normalized spacial score (nSPS) is 11.3. The van der Waals surface area contributed by atoms with E-state index in [1.807, 2.05) is 6.92 Å². The smallest absolute Gasteiger partial charge is 0.263 e. The van der Waals surface area contributed by atoms with Crippen molar-refractivity contribution >= 4 is 27.0 Å². The Bertz CT molecular complexity index is 1060. The van der Waals surface area contributed by atoms with Crippen molar-refractivity contribution in [1.82, 2.24) is 5.16 Å². The van der Waals surface area contributed by atoms with Gasteiger partial charge in [0.25, 0.3) is 10.0 Å². The summed E-state index contributed by atoms with van der Waals surface area (Å²) in [5.41, 5.74) is 0.779. The minimum Gasteiger partial charge on any atom is -0.493 e. The van der Waals surface area contributed by atoms with Crippen LogP contribution in [0.1, 0.15) is 9.75 Å². The fourth-order valence-corrected chi connectivity index (χ4v) is 5.87. The molecule has 0 saturated heterocycles. The third kappa shape index (κ3) is 3.52. The molecule has 2 aromatic heterocycles. The van der Waals surface area contributed by atoms with Crippen molar-refractivity contribution in [2.75, 3.05) is 26.1 Å². The largest absolute Gasteiger partial charge is 0.493 e. The Morgan fingerprint density at radius 2 is 1.68 bits per heavy atom. The van der Waals surface area contributed by atoms with Crippen LogP contribution in [0.15, 0.2) is 33.8 Å². The Labute approximate surface area is 167 Å². The number of ether oxygens (including phenoxy) is 3. The third-order valence-electron chi connectivity index (χ3n) is 4.07. The maximum atomic E-state index is 13.2. The highest BCUT2D eigenvalue weighted by Crippen LogP contribution is 2.42. The molecule has 0 fully saturated rings. The highest BCUT2D eigenvalue weighted by atomic mass is 32.2. The second-order valence-electron chi connectivity index (χ2n) is 5.81. The number of rotatable bonds is 7. The van der Waals surface area contributed by atoms with Crippen LogP contribution in [-0.2, 0) is 10.0 Å². The number of benzene rings is 1. The summed E-state index contributed by atoms with van der Waals surface area (Å²) in [5, 5.41) is 3.69. The van der Waals surface area contributed by atoms with Gasteiger partial charge in [0, 0.05) is 28.0 Å². The van der Waals surface area contributed by atoms with Crippen molar-refractivity contribution in [2.24, 2.45) is 0 Å². The van der Waals surface area contributed by atoms with E-state index < -0.39 is 10.0 Å². The van der Waals surface area contributed by atoms with Gasteiger partial charge in [0.15, 0.2) is 17.3 Å². The first kappa shape index (κ1) is 20.0. The molecule has 0 bridgehead atoms. The summed E-state index contributed by atoms with van der Waals surface area (Å²) in [4.78, 5) is 1.61. The predicted molar refractivity (Wildman–Crippen MR) is 106 cm³/mol. The fourth-order valence-electron chi connectivity index (χ4n) is 2.96. The van der Waals surface area contributed by atoms with Gasteiger partial charge in [0.1, 0.15) is 4.90 Å². The van der Waals surface area contributed by atoms with Crippen molar-refractivity contribution in [3.8, 4) is 28.6 Å². The number of hydrogen-bond acceptors (Lipinski definition) is 8. The summed E-state index contributed by atoms with van der Waals surface area (Å²) in [6.45, 7) is 3.59. The van der Waals surface area contributed by atoms with Crippen LogP contribution in [0.25, 0.3) is 11.3 Å². The van der Waals surface area contributed by atoms with E-state index in [-0.39, 0.29) is 10.6 Å². The van der Waals surface area contributed by atoms with E-state index >= 15 is 0 Å². The molecule has 0 spiro atoms. The summed E-state index contributed by atoms with van der Waals surface area (Å²) in [6.07, 6.45) is 1.48. The minimum absolute atomic E-state index is 0.153. The average molecular weight is 425 g/mol. The van der Waals surface area contributed by atoms with Crippen molar-refractivity contribution in [2.45, 2.75) is 18.7 Å². The monoisotopic (exact) mass is 424 g/mol. The van der Waals surface area contributed by atoms with E-state index in [2.05, 4.69) is 9.88 Å². The maximum absolute atomic E-state index is 13.2. The first-order chi connectivity index (χ1) is 13.3. The van der Waals surface area contributed by atoms with Crippen molar-refractivity contribution in [1.29, 1.82) is 0 Å². The zero-order valence-electron chi connectivity index (χ0n) is 16.0. The highest BCUT2D eigenvalue weighted by Gasteiger charge is 2.28. The summed E-state index contributed by atoms with van der Waals surface area (Å²) in [5.74, 6) is 1.45. The first-order valence-electron chi connectivity index (χ1n) is 8.16. The lowest BCUT2D eigenvalue weighted by Gasteiger charge is -2.15. The van der Waals surface area contributed by atoms with Crippen LogP contribution in [0.2, 0.25) is 0 Å². The van der Waals surface area contributed by atoms with Crippen molar-refractivity contribution in [3.63, 3.8) is 0 Å². The van der Waals surface area contributed by atoms with E-state index in [1.165, 1.54) is 51.0 Å². The number of sulfonamides is 1. The average Bonchev–Trinajstić information content (AvgIpc) is 3.27.